The van der Waals surface area contributed by atoms with Crippen LogP contribution in [0.4, 0.5) is 10.5 Å². The Morgan fingerprint density at radius 1 is 1.40 bits per heavy atom. The fraction of sp³-hybridized carbons (Fsp3) is 0.400. The summed E-state index contributed by atoms with van der Waals surface area (Å²) in [5.41, 5.74) is 1.54. The zero-order valence-electron chi connectivity index (χ0n) is 11.3. The fourth-order valence-corrected chi connectivity index (χ4v) is 1.86. The molecular formula is C15H18N2O3. The van der Waals surface area contributed by atoms with E-state index in [0.29, 0.717) is 32.7 Å². The van der Waals surface area contributed by atoms with Gasteiger partial charge in [0, 0.05) is 30.8 Å². The van der Waals surface area contributed by atoms with Gasteiger partial charge in [0.25, 0.3) is 0 Å². The minimum Gasteiger partial charge on any atom is -0.395 e. The molecule has 1 heterocycles. The second kappa shape index (κ2) is 7.53. The quantitative estimate of drug-likeness (QED) is 0.799. The number of benzene rings is 1. The average Bonchev–Trinajstić information content (AvgIpc) is 2.49. The summed E-state index contributed by atoms with van der Waals surface area (Å²) in [6.07, 6.45) is 0.449. The smallest absolute Gasteiger partial charge is 0.322 e. The molecule has 0 atom stereocenters. The summed E-state index contributed by atoms with van der Waals surface area (Å²) in [5, 5.41) is 11.5. The summed E-state index contributed by atoms with van der Waals surface area (Å²) in [7, 11) is 0. The van der Waals surface area contributed by atoms with E-state index in [1.54, 1.807) is 4.90 Å². The van der Waals surface area contributed by atoms with Gasteiger partial charge in [0.05, 0.1) is 19.8 Å². The van der Waals surface area contributed by atoms with Crippen molar-refractivity contribution in [1.29, 1.82) is 0 Å². The van der Waals surface area contributed by atoms with E-state index in [4.69, 9.17) is 9.84 Å². The third-order valence-corrected chi connectivity index (χ3v) is 2.88. The number of carbonyl (C=O) groups excluding carboxylic acids is 1. The molecule has 1 fully saturated rings. The topological polar surface area (TPSA) is 61.8 Å². The van der Waals surface area contributed by atoms with Crippen molar-refractivity contribution in [2.75, 3.05) is 38.2 Å². The summed E-state index contributed by atoms with van der Waals surface area (Å²) in [4.78, 5) is 13.8. The summed E-state index contributed by atoms with van der Waals surface area (Å²) >= 11 is 0. The van der Waals surface area contributed by atoms with E-state index in [1.165, 1.54) is 0 Å². The van der Waals surface area contributed by atoms with Crippen LogP contribution in [0, 0.1) is 11.8 Å². The lowest BCUT2D eigenvalue weighted by Crippen LogP contribution is -2.43. The first kappa shape index (κ1) is 14.4. The lowest BCUT2D eigenvalue weighted by molar-refractivity contribution is 0.0564. The van der Waals surface area contributed by atoms with Crippen molar-refractivity contribution < 1.29 is 14.6 Å². The van der Waals surface area contributed by atoms with Crippen molar-refractivity contribution in [1.82, 2.24) is 4.90 Å². The highest BCUT2D eigenvalue weighted by molar-refractivity contribution is 5.89. The molecule has 0 saturated carbocycles. The maximum absolute atomic E-state index is 12.0. The van der Waals surface area contributed by atoms with Gasteiger partial charge in [-0.25, -0.2) is 4.79 Å². The third kappa shape index (κ3) is 4.26. The zero-order chi connectivity index (χ0) is 14.2. The maximum atomic E-state index is 12.0. The van der Waals surface area contributed by atoms with E-state index in [2.05, 4.69) is 17.2 Å². The Kier molecular flexibility index (Phi) is 5.42. The first-order valence-corrected chi connectivity index (χ1v) is 6.63. The SMILES string of the molecule is O=C(Nc1cccc(C#CCCO)c1)N1CCOCC1. The van der Waals surface area contributed by atoms with Crippen LogP contribution in [-0.4, -0.2) is 48.9 Å². The van der Waals surface area contributed by atoms with E-state index < -0.39 is 0 Å². The predicted molar refractivity (Wildman–Crippen MR) is 76.4 cm³/mol. The Morgan fingerprint density at radius 2 is 2.20 bits per heavy atom. The van der Waals surface area contributed by atoms with Gasteiger partial charge in [0.2, 0.25) is 0 Å². The molecule has 5 heteroatoms. The molecule has 0 aromatic heterocycles. The van der Waals surface area contributed by atoms with Gasteiger partial charge in [0.15, 0.2) is 0 Å². The van der Waals surface area contributed by atoms with Crippen LogP contribution in [0.3, 0.4) is 0 Å². The van der Waals surface area contributed by atoms with Crippen molar-refractivity contribution in [2.24, 2.45) is 0 Å². The van der Waals surface area contributed by atoms with Gasteiger partial charge in [-0.2, -0.15) is 0 Å². The number of aliphatic hydroxyl groups excluding tert-OH is 1. The number of hydrogen-bond acceptors (Lipinski definition) is 3. The van der Waals surface area contributed by atoms with Crippen molar-refractivity contribution in [3.05, 3.63) is 29.8 Å². The lowest BCUT2D eigenvalue weighted by atomic mass is 10.2. The zero-order valence-corrected chi connectivity index (χ0v) is 11.3. The molecule has 1 aliphatic rings. The maximum Gasteiger partial charge on any atom is 0.322 e. The molecular weight excluding hydrogens is 256 g/mol. The first-order valence-electron chi connectivity index (χ1n) is 6.63. The van der Waals surface area contributed by atoms with Gasteiger partial charge < -0.3 is 20.1 Å². The Labute approximate surface area is 118 Å². The fourth-order valence-electron chi connectivity index (χ4n) is 1.86. The Morgan fingerprint density at radius 3 is 2.95 bits per heavy atom. The lowest BCUT2D eigenvalue weighted by Gasteiger charge is -2.26. The molecule has 1 aromatic rings. The van der Waals surface area contributed by atoms with E-state index in [1.807, 2.05) is 24.3 Å². The van der Waals surface area contributed by atoms with Crippen LogP contribution in [-0.2, 0) is 4.74 Å². The number of nitrogens with zero attached hydrogens (tertiary/aromatic N) is 1. The minimum atomic E-state index is -0.117. The summed E-state index contributed by atoms with van der Waals surface area (Å²) in [6, 6.07) is 7.25. The number of hydrogen-bond donors (Lipinski definition) is 2. The number of ether oxygens (including phenoxy) is 1. The number of morpholine rings is 1. The van der Waals surface area contributed by atoms with E-state index in [-0.39, 0.29) is 12.6 Å². The Balaban J connectivity index is 1.97. The normalized spacial score (nSPS) is 14.3. The molecule has 20 heavy (non-hydrogen) atoms. The number of rotatable bonds is 2. The molecule has 2 N–H and O–H groups in total. The van der Waals surface area contributed by atoms with Crippen LogP contribution in [0.5, 0.6) is 0 Å². The van der Waals surface area contributed by atoms with Gasteiger partial charge >= 0.3 is 6.03 Å². The highest BCUT2D eigenvalue weighted by Gasteiger charge is 2.16. The van der Waals surface area contributed by atoms with Crippen molar-refractivity contribution >= 4 is 11.7 Å². The minimum absolute atomic E-state index is 0.0560. The highest BCUT2D eigenvalue weighted by atomic mass is 16.5. The highest BCUT2D eigenvalue weighted by Crippen LogP contribution is 2.11. The van der Waals surface area contributed by atoms with Gasteiger partial charge in [-0.05, 0) is 18.2 Å². The molecule has 0 bridgehead atoms. The van der Waals surface area contributed by atoms with E-state index in [0.717, 1.165) is 11.3 Å². The Bertz CT molecular complexity index is 513. The molecule has 2 rings (SSSR count). The molecule has 5 nitrogen and oxygen atoms in total. The first-order chi connectivity index (χ1) is 9.79. The second-order valence-corrected chi connectivity index (χ2v) is 4.39. The third-order valence-electron chi connectivity index (χ3n) is 2.88. The summed E-state index contributed by atoms with van der Waals surface area (Å²) in [6.45, 7) is 2.45. The number of urea groups is 1. The van der Waals surface area contributed by atoms with Gasteiger partial charge in [0.1, 0.15) is 0 Å². The van der Waals surface area contributed by atoms with Crippen LogP contribution in [0.1, 0.15) is 12.0 Å². The van der Waals surface area contributed by atoms with E-state index in [9.17, 15) is 4.79 Å². The van der Waals surface area contributed by atoms with Crippen molar-refractivity contribution in [3.8, 4) is 11.8 Å². The molecule has 0 radical (unpaired) electrons. The van der Waals surface area contributed by atoms with Crippen LogP contribution >= 0.6 is 0 Å². The number of aliphatic hydroxyl groups is 1. The number of anilines is 1. The van der Waals surface area contributed by atoms with Crippen molar-refractivity contribution in [2.45, 2.75) is 6.42 Å². The number of nitrogens with one attached hydrogen (secondary N) is 1. The predicted octanol–water partition coefficient (Wildman–Crippen LogP) is 1.28. The molecule has 106 valence electrons. The molecule has 0 spiro atoms. The van der Waals surface area contributed by atoms with Crippen LogP contribution in [0.25, 0.3) is 0 Å². The monoisotopic (exact) mass is 274 g/mol. The van der Waals surface area contributed by atoms with Crippen LogP contribution in [0.2, 0.25) is 0 Å². The van der Waals surface area contributed by atoms with Gasteiger partial charge in [-0.3, -0.25) is 0 Å². The molecule has 1 saturated heterocycles. The largest absolute Gasteiger partial charge is 0.395 e. The van der Waals surface area contributed by atoms with Gasteiger partial charge in [-0.15, -0.1) is 0 Å². The average molecular weight is 274 g/mol. The van der Waals surface area contributed by atoms with Crippen molar-refractivity contribution in [3.63, 3.8) is 0 Å². The summed E-state index contributed by atoms with van der Waals surface area (Å²) < 4.78 is 5.21. The molecule has 0 aliphatic carbocycles. The molecule has 1 aliphatic heterocycles. The Hall–Kier alpha value is -2.03. The van der Waals surface area contributed by atoms with Crippen LogP contribution < -0.4 is 5.32 Å². The van der Waals surface area contributed by atoms with E-state index >= 15 is 0 Å². The number of amides is 2. The second-order valence-electron chi connectivity index (χ2n) is 4.39. The molecule has 0 unspecified atom stereocenters. The van der Waals surface area contributed by atoms with Gasteiger partial charge in [-0.1, -0.05) is 17.9 Å². The molecule has 2 amide bonds. The molecule has 1 aromatic carbocycles. The number of carbonyl (C=O) groups is 1. The van der Waals surface area contributed by atoms with Crippen LogP contribution in [0.15, 0.2) is 24.3 Å². The summed E-state index contributed by atoms with van der Waals surface area (Å²) in [5.74, 6) is 5.80. The standard InChI is InChI=1S/C15H18N2O3/c18-9-2-1-4-13-5-3-6-14(12-13)16-15(19)17-7-10-20-11-8-17/h3,5-6,12,18H,2,7-11H2,(H,16,19).